The summed E-state index contributed by atoms with van der Waals surface area (Å²) in [5, 5.41) is 2.15. The summed E-state index contributed by atoms with van der Waals surface area (Å²) in [6, 6.07) is 15.6. The van der Waals surface area contributed by atoms with Crippen molar-refractivity contribution in [2.75, 3.05) is 27.2 Å². The van der Waals surface area contributed by atoms with Crippen molar-refractivity contribution in [2.24, 2.45) is 10.9 Å². The number of hydrogen-bond acceptors (Lipinski definition) is 6. The lowest BCUT2D eigenvalue weighted by molar-refractivity contribution is -0.142. The summed E-state index contributed by atoms with van der Waals surface area (Å²) < 4.78 is 0. The summed E-state index contributed by atoms with van der Waals surface area (Å²) in [6.45, 7) is 10.00. The summed E-state index contributed by atoms with van der Waals surface area (Å²) >= 11 is 14.1. The highest BCUT2D eigenvalue weighted by molar-refractivity contribution is 8.18. The van der Waals surface area contributed by atoms with Crippen molar-refractivity contribution in [3.63, 3.8) is 0 Å². The third-order valence-electron chi connectivity index (χ3n) is 10.1. The van der Waals surface area contributed by atoms with Crippen molar-refractivity contribution >= 4 is 51.9 Å². The van der Waals surface area contributed by atoms with Gasteiger partial charge in [0.1, 0.15) is 16.5 Å². The largest absolute Gasteiger partial charge is 0.339 e. The van der Waals surface area contributed by atoms with E-state index >= 15 is 0 Å². The number of amides is 2. The van der Waals surface area contributed by atoms with Crippen LogP contribution in [0.3, 0.4) is 0 Å². The van der Waals surface area contributed by atoms with Crippen LogP contribution in [0.15, 0.2) is 64.1 Å². The van der Waals surface area contributed by atoms with Crippen LogP contribution >= 0.6 is 35.0 Å². The van der Waals surface area contributed by atoms with E-state index in [0.717, 1.165) is 47.8 Å². The third kappa shape index (κ3) is 5.70. The molecule has 10 heteroatoms. The van der Waals surface area contributed by atoms with Gasteiger partial charge in [-0.3, -0.25) is 9.59 Å². The van der Waals surface area contributed by atoms with E-state index in [2.05, 4.69) is 63.7 Å². The number of likely N-dealkylation sites (tertiary alicyclic amines) is 2. The second kappa shape index (κ2) is 12.6. The van der Waals surface area contributed by atoms with Crippen LogP contribution < -0.4 is 0 Å². The fourth-order valence-corrected chi connectivity index (χ4v) is 9.19. The molecule has 7 nitrogen and oxygen atoms in total. The standard InChI is InChI=1S/C35H43Cl2N5O2S/c1-7-26-16-17-28(32(43)40-19-18-27(20-40)39(5)6)41(26)33(44)30-29(21(2)3)42-31(22-8-12-24(36)13-9-22)35(4,38-34(42)45-30)23-10-14-25(37)15-11-23/h8-15,21,26-28,31H,7,16-20H2,1-6H3/t26?,27-,28-,31+,35-/m0/s1. The van der Waals surface area contributed by atoms with Crippen LogP contribution in [0.5, 0.6) is 0 Å². The molecule has 2 aromatic rings. The van der Waals surface area contributed by atoms with Crippen molar-refractivity contribution in [2.45, 2.75) is 83.1 Å². The van der Waals surface area contributed by atoms with Gasteiger partial charge in [-0.2, -0.15) is 0 Å². The Morgan fingerprint density at radius 2 is 1.67 bits per heavy atom. The van der Waals surface area contributed by atoms with E-state index < -0.39 is 11.6 Å². The first-order valence-corrected chi connectivity index (χ1v) is 17.6. The number of hydrogen-bond donors (Lipinski definition) is 0. The number of allylic oxidation sites excluding steroid dienone is 1. The van der Waals surface area contributed by atoms with E-state index in [9.17, 15) is 9.59 Å². The van der Waals surface area contributed by atoms with Gasteiger partial charge < -0.3 is 19.6 Å². The monoisotopic (exact) mass is 667 g/mol. The molecular formula is C35H43Cl2N5O2S. The van der Waals surface area contributed by atoms with Crippen LogP contribution in [-0.4, -0.2) is 81.9 Å². The Balaban J connectivity index is 1.39. The Morgan fingerprint density at radius 1 is 1.02 bits per heavy atom. The number of halogens is 2. The lowest BCUT2D eigenvalue weighted by Crippen LogP contribution is -2.50. The molecule has 0 spiro atoms. The molecule has 6 rings (SSSR count). The molecule has 45 heavy (non-hydrogen) atoms. The molecule has 0 N–H and O–H groups in total. The van der Waals surface area contributed by atoms with Gasteiger partial charge in [0.25, 0.3) is 5.91 Å². The Kier molecular flexibility index (Phi) is 9.07. The van der Waals surface area contributed by atoms with E-state index in [0.29, 0.717) is 34.0 Å². The first-order chi connectivity index (χ1) is 21.4. The minimum absolute atomic E-state index is 0.0315. The molecule has 1 unspecified atom stereocenters. The van der Waals surface area contributed by atoms with Crippen LogP contribution in [0.2, 0.25) is 10.0 Å². The third-order valence-corrected chi connectivity index (χ3v) is 11.6. The lowest BCUT2D eigenvalue weighted by Gasteiger charge is -2.37. The Labute approximate surface area is 281 Å². The Morgan fingerprint density at radius 3 is 2.24 bits per heavy atom. The maximum absolute atomic E-state index is 14.8. The van der Waals surface area contributed by atoms with E-state index in [-0.39, 0.29) is 29.8 Å². The molecule has 2 aromatic carbocycles. The molecule has 0 aliphatic carbocycles. The Bertz CT molecular complexity index is 1530. The zero-order valence-corrected chi connectivity index (χ0v) is 29.3. The second-order valence-electron chi connectivity index (χ2n) is 13.4. The smallest absolute Gasteiger partial charge is 0.263 e. The molecule has 5 atom stereocenters. The van der Waals surface area contributed by atoms with Gasteiger partial charge in [0, 0.05) is 40.9 Å². The van der Waals surface area contributed by atoms with Crippen molar-refractivity contribution < 1.29 is 9.59 Å². The zero-order valence-electron chi connectivity index (χ0n) is 27.0. The molecule has 4 aliphatic heterocycles. The average molecular weight is 669 g/mol. The highest BCUT2D eigenvalue weighted by Crippen LogP contribution is 2.56. The maximum Gasteiger partial charge on any atom is 0.263 e. The maximum atomic E-state index is 14.8. The zero-order chi connectivity index (χ0) is 32.2. The summed E-state index contributed by atoms with van der Waals surface area (Å²) in [4.78, 5) is 43.2. The second-order valence-corrected chi connectivity index (χ2v) is 15.3. The predicted molar refractivity (Wildman–Crippen MR) is 184 cm³/mol. The van der Waals surface area contributed by atoms with E-state index in [4.69, 9.17) is 28.2 Å². The number of amidine groups is 1. The normalized spacial score (nSPS) is 28.1. The molecule has 0 bridgehead atoms. The molecule has 2 saturated heterocycles. The van der Waals surface area contributed by atoms with E-state index in [1.165, 1.54) is 11.8 Å². The van der Waals surface area contributed by atoms with Crippen LogP contribution in [0.4, 0.5) is 0 Å². The summed E-state index contributed by atoms with van der Waals surface area (Å²) in [5.74, 6) is 0.0863. The van der Waals surface area contributed by atoms with Gasteiger partial charge >= 0.3 is 0 Å². The van der Waals surface area contributed by atoms with E-state index in [1.54, 1.807) is 0 Å². The summed E-state index contributed by atoms with van der Waals surface area (Å²) in [7, 11) is 4.14. The van der Waals surface area contributed by atoms with Crippen LogP contribution in [0, 0.1) is 5.92 Å². The van der Waals surface area contributed by atoms with Gasteiger partial charge in [0.2, 0.25) is 5.91 Å². The van der Waals surface area contributed by atoms with Crippen molar-refractivity contribution in [3.05, 3.63) is 80.3 Å². The molecular weight excluding hydrogens is 625 g/mol. The molecule has 240 valence electrons. The number of fused-ring (bicyclic) bond motifs is 1. The number of likely N-dealkylation sites (N-methyl/N-ethyl adjacent to an activating group) is 1. The van der Waals surface area contributed by atoms with Gasteiger partial charge in [-0.1, -0.05) is 68.2 Å². The van der Waals surface area contributed by atoms with Gasteiger partial charge in [-0.25, -0.2) is 4.99 Å². The number of rotatable bonds is 7. The number of aliphatic imine (C=N–C) groups is 1. The number of carbonyl (C=O) groups excluding carboxylic acids is 2. The van der Waals surface area contributed by atoms with Crippen molar-refractivity contribution in [3.8, 4) is 0 Å². The van der Waals surface area contributed by atoms with Crippen LogP contribution in [-0.2, 0) is 15.1 Å². The van der Waals surface area contributed by atoms with Gasteiger partial charge in [0.15, 0.2) is 5.17 Å². The van der Waals surface area contributed by atoms with Gasteiger partial charge in [-0.05, 0) is 99.8 Å². The fourth-order valence-electron chi connectivity index (χ4n) is 7.59. The molecule has 4 heterocycles. The minimum Gasteiger partial charge on any atom is -0.339 e. The first-order valence-electron chi connectivity index (χ1n) is 16.0. The number of thioether (sulfide) groups is 1. The Hall–Kier alpha value is -2.52. The average Bonchev–Trinajstić information content (AvgIpc) is 3.79. The number of nitrogens with zero attached hydrogens (tertiary/aromatic N) is 5. The molecule has 2 amide bonds. The predicted octanol–water partition coefficient (Wildman–Crippen LogP) is 7.17. The minimum atomic E-state index is -0.633. The quantitative estimate of drug-likeness (QED) is 0.313. The van der Waals surface area contributed by atoms with Crippen molar-refractivity contribution in [1.29, 1.82) is 0 Å². The van der Waals surface area contributed by atoms with Gasteiger partial charge in [-0.15, -0.1) is 0 Å². The van der Waals surface area contributed by atoms with Crippen LogP contribution in [0.1, 0.15) is 70.5 Å². The topological polar surface area (TPSA) is 59.5 Å². The lowest BCUT2D eigenvalue weighted by atomic mass is 9.81. The molecule has 0 radical (unpaired) electrons. The summed E-state index contributed by atoms with van der Waals surface area (Å²) in [6.07, 6.45) is 3.32. The van der Waals surface area contributed by atoms with Crippen molar-refractivity contribution in [1.82, 2.24) is 19.6 Å². The van der Waals surface area contributed by atoms with Gasteiger partial charge in [0.05, 0.1) is 6.04 Å². The van der Waals surface area contributed by atoms with E-state index in [1.807, 2.05) is 46.2 Å². The fraction of sp³-hybridized carbons (Fsp3) is 0.514. The number of carbonyl (C=O) groups is 2. The first kappa shape index (κ1) is 32.4. The summed E-state index contributed by atoms with van der Waals surface area (Å²) in [5.41, 5.74) is 2.44. The number of benzene rings is 2. The SMILES string of the molecule is CCC1CC[C@@H](C(=O)N2CC[C@H](N(C)C)C2)N1C(=O)C1=C(C(C)C)N2C(=N[C@@](C)(c3ccc(Cl)cc3)[C@H]2c2ccc(Cl)cc2)S1. The molecule has 0 aromatic heterocycles. The molecule has 4 aliphatic rings. The van der Waals surface area contributed by atoms with Crippen LogP contribution in [0.25, 0.3) is 0 Å². The molecule has 0 saturated carbocycles. The highest BCUT2D eigenvalue weighted by atomic mass is 35.5. The molecule has 2 fully saturated rings. The highest BCUT2D eigenvalue weighted by Gasteiger charge is 2.54.